The van der Waals surface area contributed by atoms with E-state index in [0.717, 1.165) is 12.1 Å². The Kier molecular flexibility index (Phi) is 6.00. The van der Waals surface area contributed by atoms with Crippen LogP contribution in [0.15, 0.2) is 60.9 Å². The molecule has 0 aliphatic heterocycles. The zero-order valence-corrected chi connectivity index (χ0v) is 17.0. The summed E-state index contributed by atoms with van der Waals surface area (Å²) in [6.07, 6.45) is 2.60. The number of hydrogen-bond donors (Lipinski definition) is 3. The number of hydrogen-bond acceptors (Lipinski definition) is 4. The maximum Gasteiger partial charge on any atom is 0.233 e. The van der Waals surface area contributed by atoms with Crippen LogP contribution in [0.3, 0.4) is 0 Å². The van der Waals surface area contributed by atoms with Crippen molar-refractivity contribution < 1.29 is 23.1 Å². The van der Waals surface area contributed by atoms with E-state index in [4.69, 9.17) is 16.3 Å². The Bertz CT molecular complexity index is 1310. The molecule has 0 bridgehead atoms. The third-order valence-corrected chi connectivity index (χ3v) is 4.72. The number of fused-ring (bicyclic) bond motifs is 1. The second-order valence-corrected chi connectivity index (χ2v) is 7.07. The second kappa shape index (κ2) is 9.03. The van der Waals surface area contributed by atoms with Crippen LogP contribution in [-0.2, 0) is 9.59 Å². The molecule has 0 fully saturated rings. The number of pyridine rings is 1. The predicted octanol–water partition coefficient (Wildman–Crippen LogP) is 5.25. The Balaban J connectivity index is 1.39. The summed E-state index contributed by atoms with van der Waals surface area (Å²) in [5.41, 5.74) is 0.506. The highest BCUT2D eigenvalue weighted by Gasteiger charge is 2.15. The zero-order chi connectivity index (χ0) is 22.7. The molecule has 3 N–H and O–H groups in total. The van der Waals surface area contributed by atoms with Crippen molar-refractivity contribution in [1.29, 1.82) is 0 Å². The van der Waals surface area contributed by atoms with Crippen molar-refractivity contribution in [3.05, 3.63) is 77.6 Å². The highest BCUT2D eigenvalue weighted by molar-refractivity contribution is 6.33. The van der Waals surface area contributed by atoms with E-state index in [1.54, 1.807) is 18.3 Å². The summed E-state index contributed by atoms with van der Waals surface area (Å²) in [7, 11) is 0. The summed E-state index contributed by atoms with van der Waals surface area (Å²) < 4.78 is 33.9. The number of carbonyl (C=O) groups is 2. The lowest BCUT2D eigenvalue weighted by molar-refractivity contribution is -0.123. The van der Waals surface area contributed by atoms with Gasteiger partial charge in [0.25, 0.3) is 0 Å². The number of aromatic amines is 1. The first-order chi connectivity index (χ1) is 15.4. The van der Waals surface area contributed by atoms with E-state index >= 15 is 0 Å². The lowest BCUT2D eigenvalue weighted by atomic mass is 10.2. The van der Waals surface area contributed by atoms with Crippen LogP contribution in [0.2, 0.25) is 5.02 Å². The number of nitrogens with zero attached hydrogens (tertiary/aromatic N) is 1. The lowest BCUT2D eigenvalue weighted by Gasteiger charge is -2.11. The highest BCUT2D eigenvalue weighted by Crippen LogP contribution is 2.31. The van der Waals surface area contributed by atoms with Gasteiger partial charge in [0.1, 0.15) is 23.6 Å². The molecular weight excluding hydrogens is 442 g/mol. The molecule has 162 valence electrons. The van der Waals surface area contributed by atoms with Gasteiger partial charge in [-0.1, -0.05) is 17.7 Å². The Morgan fingerprint density at radius 3 is 2.59 bits per heavy atom. The number of benzene rings is 2. The maximum atomic E-state index is 14.5. The molecule has 2 amide bonds. The quantitative estimate of drug-likeness (QED) is 0.345. The normalized spacial score (nSPS) is 10.7. The van der Waals surface area contributed by atoms with Crippen molar-refractivity contribution in [3.63, 3.8) is 0 Å². The SMILES string of the molecule is O=C(CC(=O)Nc1c(F)cccc1Cl)Nc1ccc(Oc2ccnc3[nH]ccc23)c(F)c1. The number of H-pyrrole nitrogens is 1. The molecule has 2 heterocycles. The first kappa shape index (κ1) is 21.3. The molecule has 0 atom stereocenters. The first-order valence-electron chi connectivity index (χ1n) is 9.34. The van der Waals surface area contributed by atoms with Crippen molar-refractivity contribution in [3.8, 4) is 11.5 Å². The standard InChI is InChI=1S/C22H15ClF2N4O3/c23-14-2-1-3-15(24)21(14)29-20(31)11-19(30)28-12-4-5-18(16(25)10-12)32-17-7-9-27-22-13(17)6-8-26-22/h1-10H,11H2,(H,26,27)(H,28,30)(H,29,31). The lowest BCUT2D eigenvalue weighted by Crippen LogP contribution is -2.22. The van der Waals surface area contributed by atoms with Crippen LogP contribution < -0.4 is 15.4 Å². The molecule has 0 unspecified atom stereocenters. The molecule has 0 saturated heterocycles. The average Bonchev–Trinajstić information content (AvgIpc) is 3.22. The number of para-hydroxylation sites is 1. The van der Waals surface area contributed by atoms with Crippen molar-refractivity contribution in [1.82, 2.24) is 9.97 Å². The van der Waals surface area contributed by atoms with Gasteiger partial charge in [-0.05, 0) is 36.4 Å². The molecule has 0 saturated carbocycles. The summed E-state index contributed by atoms with van der Waals surface area (Å²) >= 11 is 5.84. The Morgan fingerprint density at radius 2 is 1.81 bits per heavy atom. The Hall–Kier alpha value is -3.98. The number of anilines is 2. The largest absolute Gasteiger partial charge is 0.453 e. The van der Waals surface area contributed by atoms with Gasteiger partial charge in [0, 0.05) is 24.1 Å². The minimum atomic E-state index is -0.775. The summed E-state index contributed by atoms with van der Waals surface area (Å²) in [5, 5.41) is 5.34. The van der Waals surface area contributed by atoms with E-state index < -0.39 is 29.9 Å². The highest BCUT2D eigenvalue weighted by atomic mass is 35.5. The van der Waals surface area contributed by atoms with Gasteiger partial charge in [-0.2, -0.15) is 0 Å². The second-order valence-electron chi connectivity index (χ2n) is 6.67. The van der Waals surface area contributed by atoms with Gasteiger partial charge in [-0.3, -0.25) is 9.59 Å². The van der Waals surface area contributed by atoms with Crippen LogP contribution in [0.4, 0.5) is 20.2 Å². The number of rotatable bonds is 6. The zero-order valence-electron chi connectivity index (χ0n) is 16.3. The molecule has 2 aromatic carbocycles. The van der Waals surface area contributed by atoms with Gasteiger partial charge in [0.05, 0.1) is 16.1 Å². The molecule has 2 aromatic heterocycles. The van der Waals surface area contributed by atoms with Crippen LogP contribution in [0, 0.1) is 11.6 Å². The summed E-state index contributed by atoms with van der Waals surface area (Å²) in [6, 6.07) is 11.1. The van der Waals surface area contributed by atoms with Gasteiger partial charge in [-0.15, -0.1) is 0 Å². The molecule has 32 heavy (non-hydrogen) atoms. The van der Waals surface area contributed by atoms with Gasteiger partial charge in [0.2, 0.25) is 11.8 Å². The van der Waals surface area contributed by atoms with Crippen LogP contribution in [0.5, 0.6) is 11.5 Å². The molecule has 4 rings (SSSR count). The molecule has 0 spiro atoms. The topological polar surface area (TPSA) is 96.1 Å². The van der Waals surface area contributed by atoms with E-state index in [0.29, 0.717) is 16.8 Å². The summed E-state index contributed by atoms with van der Waals surface area (Å²) in [5.74, 6) is -2.57. The minimum Gasteiger partial charge on any atom is -0.453 e. The Labute approximate surface area is 185 Å². The smallest absolute Gasteiger partial charge is 0.233 e. The fourth-order valence-corrected chi connectivity index (χ4v) is 3.17. The van der Waals surface area contributed by atoms with E-state index in [2.05, 4.69) is 20.6 Å². The maximum absolute atomic E-state index is 14.5. The van der Waals surface area contributed by atoms with Gasteiger partial charge < -0.3 is 20.4 Å². The molecular formula is C22H15ClF2N4O3. The third-order valence-electron chi connectivity index (χ3n) is 4.40. The van der Waals surface area contributed by atoms with E-state index in [1.165, 1.54) is 30.5 Å². The number of amides is 2. The summed E-state index contributed by atoms with van der Waals surface area (Å²) in [6.45, 7) is 0. The number of halogens is 3. The minimum absolute atomic E-state index is 0.00234. The molecule has 0 radical (unpaired) electrons. The van der Waals surface area contributed by atoms with Crippen molar-refractivity contribution >= 4 is 45.8 Å². The van der Waals surface area contributed by atoms with Crippen molar-refractivity contribution in [2.24, 2.45) is 0 Å². The van der Waals surface area contributed by atoms with Gasteiger partial charge in [0.15, 0.2) is 11.6 Å². The fraction of sp³-hybridized carbons (Fsp3) is 0.0455. The van der Waals surface area contributed by atoms with Crippen LogP contribution >= 0.6 is 11.6 Å². The van der Waals surface area contributed by atoms with Gasteiger partial charge >= 0.3 is 0 Å². The fourth-order valence-electron chi connectivity index (χ4n) is 2.96. The van der Waals surface area contributed by atoms with E-state index in [1.807, 2.05) is 0 Å². The molecule has 4 aromatic rings. The van der Waals surface area contributed by atoms with E-state index in [9.17, 15) is 18.4 Å². The number of carbonyl (C=O) groups excluding carboxylic acids is 2. The third kappa shape index (κ3) is 4.68. The number of ether oxygens (including phenoxy) is 1. The van der Waals surface area contributed by atoms with Gasteiger partial charge in [-0.25, -0.2) is 13.8 Å². The molecule has 10 heteroatoms. The first-order valence-corrected chi connectivity index (χ1v) is 9.72. The van der Waals surface area contributed by atoms with Crippen LogP contribution in [-0.4, -0.2) is 21.8 Å². The number of nitrogens with one attached hydrogen (secondary N) is 3. The van der Waals surface area contributed by atoms with Crippen molar-refractivity contribution in [2.45, 2.75) is 6.42 Å². The molecule has 7 nitrogen and oxygen atoms in total. The number of aromatic nitrogens is 2. The average molecular weight is 457 g/mol. The van der Waals surface area contributed by atoms with Crippen LogP contribution in [0.25, 0.3) is 11.0 Å². The monoisotopic (exact) mass is 456 g/mol. The van der Waals surface area contributed by atoms with Crippen molar-refractivity contribution in [2.75, 3.05) is 10.6 Å². The predicted molar refractivity (Wildman–Crippen MR) is 116 cm³/mol. The van der Waals surface area contributed by atoms with Crippen LogP contribution in [0.1, 0.15) is 6.42 Å². The Morgan fingerprint density at radius 1 is 1.00 bits per heavy atom. The summed E-state index contributed by atoms with van der Waals surface area (Å²) in [4.78, 5) is 31.2. The molecule has 0 aliphatic rings. The van der Waals surface area contributed by atoms with E-state index in [-0.39, 0.29) is 22.1 Å². The molecule has 0 aliphatic carbocycles.